The third-order valence-corrected chi connectivity index (χ3v) is 4.06. The normalized spacial score (nSPS) is 11.3. The molecular formula is C17H9ClF5N5O2. The summed E-state index contributed by atoms with van der Waals surface area (Å²) in [6, 6.07) is 5.04. The van der Waals surface area contributed by atoms with Gasteiger partial charge >= 0.3 is 11.9 Å². The molecule has 0 saturated carbocycles. The zero-order valence-electron chi connectivity index (χ0n) is 14.5. The number of hydrogen-bond acceptors (Lipinski definition) is 6. The first kappa shape index (κ1) is 21.2. The number of nitrogens with zero attached hydrogens (tertiary/aromatic N) is 3. The lowest BCUT2D eigenvalue weighted by Crippen LogP contribution is -2.08. The van der Waals surface area contributed by atoms with E-state index in [0.717, 1.165) is 36.7 Å². The summed E-state index contributed by atoms with van der Waals surface area (Å²) in [5, 5.41) is 16.2. The molecule has 0 amide bonds. The second kappa shape index (κ2) is 8.06. The third-order valence-electron chi connectivity index (χ3n) is 3.73. The molecule has 0 aliphatic carbocycles. The Balaban J connectivity index is 2.01. The van der Waals surface area contributed by atoms with E-state index in [1.165, 1.54) is 0 Å². The summed E-state index contributed by atoms with van der Waals surface area (Å²) >= 11 is 5.89. The number of anilines is 4. The van der Waals surface area contributed by atoms with Gasteiger partial charge in [-0.3, -0.25) is 10.1 Å². The van der Waals surface area contributed by atoms with E-state index in [2.05, 4.69) is 20.6 Å². The second-order valence-electron chi connectivity index (χ2n) is 5.75. The highest BCUT2D eigenvalue weighted by Gasteiger charge is 2.31. The average Bonchev–Trinajstić information content (AvgIpc) is 2.65. The van der Waals surface area contributed by atoms with Crippen LogP contribution in [0, 0.1) is 21.7 Å². The van der Waals surface area contributed by atoms with Crippen molar-refractivity contribution in [3.63, 3.8) is 0 Å². The number of rotatable bonds is 5. The zero-order chi connectivity index (χ0) is 22.1. The molecule has 7 nitrogen and oxygen atoms in total. The van der Waals surface area contributed by atoms with Crippen molar-refractivity contribution in [2.75, 3.05) is 10.6 Å². The van der Waals surface area contributed by atoms with Gasteiger partial charge in [-0.15, -0.1) is 0 Å². The van der Waals surface area contributed by atoms with Crippen LogP contribution in [0.4, 0.5) is 50.6 Å². The van der Waals surface area contributed by atoms with E-state index in [4.69, 9.17) is 11.6 Å². The Morgan fingerprint density at radius 3 is 2.23 bits per heavy atom. The number of alkyl halides is 3. The quantitative estimate of drug-likeness (QED) is 0.292. The van der Waals surface area contributed by atoms with E-state index in [1.54, 1.807) is 0 Å². The predicted molar refractivity (Wildman–Crippen MR) is 98.1 cm³/mol. The summed E-state index contributed by atoms with van der Waals surface area (Å²) in [5.41, 5.74) is -2.13. The van der Waals surface area contributed by atoms with E-state index in [-0.39, 0.29) is 16.4 Å². The minimum absolute atomic E-state index is 0.0567. The molecule has 3 rings (SSSR count). The number of nitrogens with one attached hydrogen (secondary N) is 2. The molecule has 1 aromatic heterocycles. The molecule has 156 valence electrons. The highest BCUT2D eigenvalue weighted by Crippen LogP contribution is 2.38. The van der Waals surface area contributed by atoms with Crippen LogP contribution in [0.2, 0.25) is 5.02 Å². The van der Waals surface area contributed by atoms with Crippen molar-refractivity contribution >= 4 is 40.3 Å². The van der Waals surface area contributed by atoms with Gasteiger partial charge in [0.1, 0.15) is 6.33 Å². The fourth-order valence-electron chi connectivity index (χ4n) is 2.37. The maximum atomic E-state index is 13.4. The molecule has 0 unspecified atom stereocenters. The molecule has 3 aromatic rings. The van der Waals surface area contributed by atoms with Crippen molar-refractivity contribution in [1.29, 1.82) is 0 Å². The maximum Gasteiger partial charge on any atom is 0.416 e. The van der Waals surface area contributed by atoms with Crippen LogP contribution in [0.1, 0.15) is 5.56 Å². The lowest BCUT2D eigenvalue weighted by Gasteiger charge is -2.13. The number of hydrogen-bond donors (Lipinski definition) is 2. The topological polar surface area (TPSA) is 93.0 Å². The van der Waals surface area contributed by atoms with Gasteiger partial charge in [0.05, 0.1) is 21.2 Å². The van der Waals surface area contributed by atoms with Crippen molar-refractivity contribution < 1.29 is 26.9 Å². The van der Waals surface area contributed by atoms with Crippen LogP contribution >= 0.6 is 11.6 Å². The molecule has 0 bridgehead atoms. The predicted octanol–water partition coefficient (Wildman–Crippen LogP) is 5.82. The molecule has 30 heavy (non-hydrogen) atoms. The Labute approximate surface area is 169 Å². The molecule has 1 heterocycles. The summed E-state index contributed by atoms with van der Waals surface area (Å²) in [6.07, 6.45) is -3.78. The Bertz CT molecular complexity index is 1130. The number of benzene rings is 2. The highest BCUT2D eigenvalue weighted by atomic mass is 35.5. The lowest BCUT2D eigenvalue weighted by molar-refractivity contribution is -0.383. The first-order valence-corrected chi connectivity index (χ1v) is 8.29. The van der Waals surface area contributed by atoms with Crippen molar-refractivity contribution in [2.45, 2.75) is 6.18 Å². The molecule has 0 spiro atoms. The van der Waals surface area contributed by atoms with Gasteiger partial charge in [-0.25, -0.2) is 18.7 Å². The second-order valence-corrected chi connectivity index (χ2v) is 6.16. The SMILES string of the molecule is O=[N+]([O-])c1c(Nc2ccc(F)c(F)c2)ncnc1Nc1cc(C(F)(F)F)ccc1Cl. The lowest BCUT2D eigenvalue weighted by atomic mass is 10.2. The van der Waals surface area contributed by atoms with E-state index in [9.17, 15) is 32.1 Å². The van der Waals surface area contributed by atoms with Gasteiger partial charge in [-0.1, -0.05) is 11.6 Å². The molecule has 2 N–H and O–H groups in total. The minimum atomic E-state index is -4.67. The average molecular weight is 446 g/mol. The van der Waals surface area contributed by atoms with E-state index >= 15 is 0 Å². The summed E-state index contributed by atoms with van der Waals surface area (Å²) < 4.78 is 65.3. The first-order chi connectivity index (χ1) is 14.1. The Hall–Kier alpha value is -3.54. The van der Waals surface area contributed by atoms with Crippen LogP contribution in [-0.2, 0) is 6.18 Å². The third kappa shape index (κ3) is 4.54. The largest absolute Gasteiger partial charge is 0.416 e. The van der Waals surface area contributed by atoms with Crippen molar-refractivity contribution in [3.05, 3.63) is 75.1 Å². The fourth-order valence-corrected chi connectivity index (χ4v) is 2.54. The summed E-state index contributed by atoms with van der Waals surface area (Å²) in [7, 11) is 0. The van der Waals surface area contributed by atoms with Crippen LogP contribution in [0.15, 0.2) is 42.7 Å². The molecule has 13 heteroatoms. The molecule has 2 aromatic carbocycles. The molecule has 0 fully saturated rings. The van der Waals surface area contributed by atoms with E-state index < -0.39 is 45.6 Å². The van der Waals surface area contributed by atoms with E-state index in [0.29, 0.717) is 6.07 Å². The van der Waals surface area contributed by atoms with Gasteiger partial charge in [-0.05, 0) is 30.3 Å². The number of aromatic nitrogens is 2. The first-order valence-electron chi connectivity index (χ1n) is 7.91. The summed E-state index contributed by atoms with van der Waals surface area (Å²) in [6.45, 7) is 0. The smallest absolute Gasteiger partial charge is 0.334 e. The van der Waals surface area contributed by atoms with Crippen LogP contribution in [0.25, 0.3) is 0 Å². The molecule has 0 aliphatic heterocycles. The highest BCUT2D eigenvalue weighted by molar-refractivity contribution is 6.33. The van der Waals surface area contributed by atoms with Gasteiger partial charge in [0.2, 0.25) is 11.6 Å². The van der Waals surface area contributed by atoms with Gasteiger partial charge in [0.15, 0.2) is 11.6 Å². The van der Waals surface area contributed by atoms with Crippen LogP contribution < -0.4 is 10.6 Å². The Kier molecular flexibility index (Phi) is 5.69. The Morgan fingerprint density at radius 2 is 1.63 bits per heavy atom. The Morgan fingerprint density at radius 1 is 0.967 bits per heavy atom. The number of nitro groups is 1. The summed E-state index contributed by atoms with van der Waals surface area (Å²) in [5.74, 6) is -3.21. The molecular weight excluding hydrogens is 437 g/mol. The van der Waals surface area contributed by atoms with Crippen molar-refractivity contribution in [2.24, 2.45) is 0 Å². The summed E-state index contributed by atoms with van der Waals surface area (Å²) in [4.78, 5) is 18.0. The van der Waals surface area contributed by atoms with Crippen molar-refractivity contribution in [1.82, 2.24) is 9.97 Å². The van der Waals surface area contributed by atoms with Crippen molar-refractivity contribution in [3.8, 4) is 0 Å². The monoisotopic (exact) mass is 445 g/mol. The molecule has 0 aliphatic rings. The fraction of sp³-hybridized carbons (Fsp3) is 0.0588. The molecule has 0 atom stereocenters. The van der Waals surface area contributed by atoms with Gasteiger partial charge in [0.25, 0.3) is 0 Å². The maximum absolute atomic E-state index is 13.4. The van der Waals surface area contributed by atoms with Gasteiger partial charge in [-0.2, -0.15) is 13.2 Å². The standard InChI is InChI=1S/C17H9ClF5N5O2/c18-10-3-1-8(17(21,22)23)5-13(10)27-16-14(28(29)30)15(24-7-25-16)26-9-2-4-11(19)12(20)6-9/h1-7H,(H2,24,25,26,27). The van der Waals surface area contributed by atoms with Gasteiger partial charge < -0.3 is 10.6 Å². The zero-order valence-corrected chi connectivity index (χ0v) is 15.2. The van der Waals surface area contributed by atoms with E-state index in [1.807, 2.05) is 0 Å². The van der Waals surface area contributed by atoms with Gasteiger partial charge in [0, 0.05) is 11.8 Å². The van der Waals surface area contributed by atoms with Crippen LogP contribution in [-0.4, -0.2) is 14.9 Å². The van der Waals surface area contributed by atoms with Crippen LogP contribution in [0.3, 0.4) is 0 Å². The molecule has 0 saturated heterocycles. The van der Waals surface area contributed by atoms with Crippen LogP contribution in [0.5, 0.6) is 0 Å². The number of halogens is 6. The minimum Gasteiger partial charge on any atom is -0.334 e. The molecule has 0 radical (unpaired) electrons.